The van der Waals surface area contributed by atoms with E-state index in [1.165, 1.54) is 12.1 Å². The zero-order valence-corrected chi connectivity index (χ0v) is 16.0. The van der Waals surface area contributed by atoms with Gasteiger partial charge in [-0.3, -0.25) is 10.1 Å². The molecule has 0 unspecified atom stereocenters. The first-order chi connectivity index (χ1) is 14.1. The lowest BCUT2D eigenvalue weighted by Gasteiger charge is -2.38. The number of nitro groups is 1. The maximum atomic E-state index is 11.4. The minimum atomic E-state index is -0.577. The molecule has 0 amide bonds. The number of benzene rings is 3. The predicted octanol–water partition coefficient (Wildman–Crippen LogP) is 5.49. The van der Waals surface area contributed by atoms with Gasteiger partial charge in [0.1, 0.15) is 10.8 Å². The Kier molecular flexibility index (Phi) is 4.21. The second-order valence-corrected chi connectivity index (χ2v) is 7.40. The van der Waals surface area contributed by atoms with Crippen LogP contribution in [0, 0.1) is 10.1 Å². The number of nitrogens with zero attached hydrogens (tertiary/aromatic N) is 3. The van der Waals surface area contributed by atoms with E-state index in [0.717, 1.165) is 29.0 Å². The van der Waals surface area contributed by atoms with E-state index >= 15 is 0 Å². The van der Waals surface area contributed by atoms with Crippen LogP contribution in [0.5, 0.6) is 5.75 Å². The number of nitro benzene ring substituents is 1. The summed E-state index contributed by atoms with van der Waals surface area (Å²) in [5, 5.41) is 18.2. The van der Waals surface area contributed by atoms with Crippen LogP contribution in [0.4, 0.5) is 5.69 Å². The molecule has 144 valence electrons. The Bertz CT molecular complexity index is 1130. The molecule has 0 spiro atoms. The van der Waals surface area contributed by atoms with Gasteiger partial charge in [-0.05, 0) is 17.7 Å². The Morgan fingerprint density at radius 1 is 1.07 bits per heavy atom. The number of hydrogen-bond donors (Lipinski definition) is 0. The van der Waals surface area contributed by atoms with Crippen LogP contribution in [0.1, 0.15) is 35.4 Å². The van der Waals surface area contributed by atoms with Gasteiger partial charge in [-0.15, -0.1) is 0 Å². The zero-order valence-electron chi connectivity index (χ0n) is 15.2. The number of rotatable bonds is 3. The van der Waals surface area contributed by atoms with Crippen LogP contribution in [-0.2, 0) is 0 Å². The maximum Gasteiger partial charge on any atom is 0.288 e. The molecule has 2 aliphatic rings. The predicted molar refractivity (Wildman–Crippen MR) is 110 cm³/mol. The highest BCUT2D eigenvalue weighted by Crippen LogP contribution is 2.47. The first-order valence-electron chi connectivity index (χ1n) is 9.22. The van der Waals surface area contributed by atoms with Gasteiger partial charge in [-0.2, -0.15) is 5.10 Å². The third kappa shape index (κ3) is 3.02. The molecule has 0 bridgehead atoms. The van der Waals surface area contributed by atoms with E-state index in [1.54, 1.807) is 6.07 Å². The van der Waals surface area contributed by atoms with Gasteiger partial charge in [0.05, 0.1) is 16.7 Å². The number of fused-ring (bicyclic) bond motifs is 3. The van der Waals surface area contributed by atoms with E-state index in [0.29, 0.717) is 5.56 Å². The molecular weight excluding hydrogens is 390 g/mol. The van der Waals surface area contributed by atoms with Crippen molar-refractivity contribution in [1.29, 1.82) is 0 Å². The Balaban J connectivity index is 1.61. The van der Waals surface area contributed by atoms with E-state index in [2.05, 4.69) is 0 Å². The Labute approximate surface area is 172 Å². The average molecular weight is 406 g/mol. The molecule has 0 saturated heterocycles. The van der Waals surface area contributed by atoms with Gasteiger partial charge in [0, 0.05) is 23.6 Å². The van der Waals surface area contributed by atoms with Crippen LogP contribution in [-0.4, -0.2) is 15.6 Å². The normalized spacial score (nSPS) is 19.8. The van der Waals surface area contributed by atoms with Gasteiger partial charge in [0.15, 0.2) is 0 Å². The molecule has 29 heavy (non-hydrogen) atoms. The highest BCUT2D eigenvalue weighted by atomic mass is 35.5. The first kappa shape index (κ1) is 17.7. The lowest BCUT2D eigenvalue weighted by Crippen LogP contribution is -2.33. The Morgan fingerprint density at radius 3 is 2.62 bits per heavy atom. The van der Waals surface area contributed by atoms with Gasteiger partial charge in [0.2, 0.25) is 6.23 Å². The Hall–Kier alpha value is -3.38. The number of para-hydroxylation sites is 1. The summed E-state index contributed by atoms with van der Waals surface area (Å²) in [6, 6.07) is 22.6. The fourth-order valence-corrected chi connectivity index (χ4v) is 4.07. The highest BCUT2D eigenvalue weighted by molar-refractivity contribution is 6.32. The first-order valence-corrected chi connectivity index (χ1v) is 9.60. The van der Waals surface area contributed by atoms with Crippen LogP contribution in [0.3, 0.4) is 0 Å². The van der Waals surface area contributed by atoms with Crippen molar-refractivity contribution in [3.05, 3.63) is 105 Å². The summed E-state index contributed by atoms with van der Waals surface area (Å²) >= 11 is 6.00. The standard InChI is InChI=1S/C22H16ClN3O3/c23-17-11-10-15(12-20(17)26(27)28)22-25-19(16-8-4-5-9-21(16)29-22)13-18(24-25)14-6-2-1-3-7-14/h1-12,19,22H,13H2/t19-,22+/m1/s1. The maximum absolute atomic E-state index is 11.4. The molecule has 2 heterocycles. The molecule has 2 atom stereocenters. The molecule has 0 N–H and O–H groups in total. The molecule has 0 aromatic heterocycles. The molecule has 0 fully saturated rings. The quantitative estimate of drug-likeness (QED) is 0.426. The summed E-state index contributed by atoms with van der Waals surface area (Å²) in [6.45, 7) is 0. The van der Waals surface area contributed by atoms with Gasteiger partial charge in [-0.1, -0.05) is 66.2 Å². The Morgan fingerprint density at radius 2 is 1.83 bits per heavy atom. The van der Waals surface area contributed by atoms with E-state index in [9.17, 15) is 10.1 Å². The van der Waals surface area contributed by atoms with Crippen molar-refractivity contribution in [3.63, 3.8) is 0 Å². The summed E-state index contributed by atoms with van der Waals surface area (Å²) in [6.07, 6.45) is 0.156. The lowest BCUT2D eigenvalue weighted by molar-refractivity contribution is -0.384. The number of hydrazone groups is 1. The van der Waals surface area contributed by atoms with Crippen molar-refractivity contribution in [2.75, 3.05) is 0 Å². The van der Waals surface area contributed by atoms with E-state index in [-0.39, 0.29) is 16.8 Å². The fraction of sp³-hybridized carbons (Fsp3) is 0.136. The number of ether oxygens (including phenoxy) is 1. The smallest absolute Gasteiger partial charge is 0.288 e. The topological polar surface area (TPSA) is 68.0 Å². The van der Waals surface area contributed by atoms with Crippen LogP contribution in [0.2, 0.25) is 5.02 Å². The van der Waals surface area contributed by atoms with Crippen LogP contribution in [0.25, 0.3) is 0 Å². The summed E-state index contributed by atoms with van der Waals surface area (Å²) in [7, 11) is 0. The molecule has 3 aromatic rings. The third-order valence-corrected chi connectivity index (χ3v) is 5.58. The van der Waals surface area contributed by atoms with E-state index < -0.39 is 11.2 Å². The lowest BCUT2D eigenvalue weighted by atomic mass is 9.96. The summed E-state index contributed by atoms with van der Waals surface area (Å²) in [5.74, 6) is 0.765. The van der Waals surface area contributed by atoms with Crippen molar-refractivity contribution in [2.45, 2.75) is 18.7 Å². The minimum absolute atomic E-state index is 0.00473. The molecule has 7 heteroatoms. The summed E-state index contributed by atoms with van der Waals surface area (Å²) in [4.78, 5) is 10.9. The SMILES string of the molecule is O=[N+]([O-])c1cc([C@@H]2Oc3ccccc3[C@H]3CC(c4ccccc4)=NN32)ccc1Cl. The number of hydrogen-bond acceptors (Lipinski definition) is 5. The minimum Gasteiger partial charge on any atom is -0.464 e. The molecular formula is C22H16ClN3O3. The zero-order chi connectivity index (χ0) is 20.0. The highest BCUT2D eigenvalue weighted by Gasteiger charge is 2.41. The van der Waals surface area contributed by atoms with Crippen molar-refractivity contribution in [1.82, 2.24) is 5.01 Å². The molecule has 0 aliphatic carbocycles. The molecule has 3 aromatic carbocycles. The van der Waals surface area contributed by atoms with Crippen LogP contribution >= 0.6 is 11.6 Å². The summed E-state index contributed by atoms with van der Waals surface area (Å²) < 4.78 is 6.24. The molecule has 0 radical (unpaired) electrons. The van der Waals surface area contributed by atoms with E-state index in [4.69, 9.17) is 21.4 Å². The summed E-state index contributed by atoms with van der Waals surface area (Å²) in [5.41, 5.74) is 3.57. The molecule has 5 rings (SSSR count). The fourth-order valence-electron chi connectivity index (χ4n) is 3.88. The largest absolute Gasteiger partial charge is 0.464 e. The third-order valence-electron chi connectivity index (χ3n) is 5.26. The molecule has 2 aliphatic heterocycles. The van der Waals surface area contributed by atoms with Crippen molar-refractivity contribution >= 4 is 23.0 Å². The second kappa shape index (κ2) is 6.90. The van der Waals surface area contributed by atoms with Gasteiger partial charge >= 0.3 is 0 Å². The van der Waals surface area contributed by atoms with Crippen molar-refractivity contribution in [2.24, 2.45) is 5.10 Å². The van der Waals surface area contributed by atoms with E-state index in [1.807, 2.05) is 59.6 Å². The second-order valence-electron chi connectivity index (χ2n) is 6.99. The van der Waals surface area contributed by atoms with Crippen LogP contribution < -0.4 is 4.74 Å². The van der Waals surface area contributed by atoms with Gasteiger partial charge in [0.25, 0.3) is 5.69 Å². The van der Waals surface area contributed by atoms with Crippen molar-refractivity contribution < 1.29 is 9.66 Å². The number of halogens is 1. The monoisotopic (exact) mass is 405 g/mol. The molecule has 0 saturated carbocycles. The van der Waals surface area contributed by atoms with Crippen molar-refractivity contribution in [3.8, 4) is 5.75 Å². The van der Waals surface area contributed by atoms with Gasteiger partial charge < -0.3 is 4.74 Å². The molecule has 6 nitrogen and oxygen atoms in total. The average Bonchev–Trinajstić information content (AvgIpc) is 3.20. The van der Waals surface area contributed by atoms with Crippen LogP contribution in [0.15, 0.2) is 77.9 Å². The van der Waals surface area contributed by atoms with Gasteiger partial charge in [-0.25, -0.2) is 5.01 Å².